The van der Waals surface area contributed by atoms with Crippen molar-refractivity contribution in [3.05, 3.63) is 12.2 Å². The van der Waals surface area contributed by atoms with Crippen molar-refractivity contribution in [2.75, 3.05) is 0 Å². The second kappa shape index (κ2) is 3.86. The Morgan fingerprint density at radius 3 is 2.31 bits per heavy atom. The van der Waals surface area contributed by atoms with Crippen LogP contribution >= 0.6 is 0 Å². The first-order valence-electron chi connectivity index (χ1n) is 6.01. The third kappa shape index (κ3) is 1.68. The van der Waals surface area contributed by atoms with E-state index < -0.39 is 0 Å². The number of hydrogen-bond acceptors (Lipinski definition) is 0. The molecule has 1 fully saturated rings. The molecule has 0 N–H and O–H groups in total. The van der Waals surface area contributed by atoms with Crippen molar-refractivity contribution in [3.8, 4) is 0 Å². The van der Waals surface area contributed by atoms with Gasteiger partial charge in [0.05, 0.1) is 0 Å². The first kappa shape index (κ1) is 9.30. The molecule has 74 valence electrons. The van der Waals surface area contributed by atoms with Crippen LogP contribution < -0.4 is 0 Å². The maximum Gasteiger partial charge on any atom is -0.0197 e. The molecule has 0 heteroatoms. The lowest BCUT2D eigenvalue weighted by molar-refractivity contribution is 0.273. The van der Waals surface area contributed by atoms with E-state index in [1.807, 2.05) is 0 Å². The van der Waals surface area contributed by atoms with Gasteiger partial charge in [-0.3, -0.25) is 0 Å². The van der Waals surface area contributed by atoms with E-state index in [1.54, 1.807) is 0 Å². The monoisotopic (exact) mass is 178 g/mol. The van der Waals surface area contributed by atoms with Crippen LogP contribution in [0.3, 0.4) is 0 Å². The molecular formula is C13H22. The Morgan fingerprint density at radius 1 is 1.23 bits per heavy atom. The first-order chi connectivity index (χ1) is 6.33. The van der Waals surface area contributed by atoms with Crippen molar-refractivity contribution >= 4 is 0 Å². The van der Waals surface area contributed by atoms with Crippen molar-refractivity contribution in [2.24, 2.45) is 23.7 Å². The van der Waals surface area contributed by atoms with Gasteiger partial charge in [0.15, 0.2) is 0 Å². The molecule has 2 rings (SSSR count). The molecule has 0 radical (unpaired) electrons. The van der Waals surface area contributed by atoms with E-state index >= 15 is 0 Å². The summed E-state index contributed by atoms with van der Waals surface area (Å²) in [5.41, 5.74) is 0. The standard InChI is InChI=1S/C13H22/c1-3-4-5-10(2)13-11-6-7-12(13)9-8-11/h6-7,10-13H,3-5,8-9H2,1-2H3. The number of allylic oxidation sites excluding steroid dienone is 2. The average Bonchev–Trinajstić information content (AvgIpc) is 2.73. The summed E-state index contributed by atoms with van der Waals surface area (Å²) in [7, 11) is 0. The van der Waals surface area contributed by atoms with Crippen LogP contribution in [-0.4, -0.2) is 0 Å². The molecule has 2 aliphatic carbocycles. The van der Waals surface area contributed by atoms with Crippen molar-refractivity contribution in [1.29, 1.82) is 0 Å². The average molecular weight is 178 g/mol. The van der Waals surface area contributed by atoms with Crippen LogP contribution in [0.1, 0.15) is 46.0 Å². The Balaban J connectivity index is 1.88. The number of rotatable bonds is 4. The first-order valence-corrected chi connectivity index (χ1v) is 6.01. The molecule has 13 heavy (non-hydrogen) atoms. The van der Waals surface area contributed by atoms with Gasteiger partial charge in [0.2, 0.25) is 0 Å². The summed E-state index contributed by atoms with van der Waals surface area (Å²) in [6.45, 7) is 4.77. The molecule has 0 nitrogen and oxygen atoms in total. The van der Waals surface area contributed by atoms with E-state index in [9.17, 15) is 0 Å². The minimum atomic E-state index is 0.955. The van der Waals surface area contributed by atoms with Crippen LogP contribution in [0.4, 0.5) is 0 Å². The summed E-state index contributed by atoms with van der Waals surface area (Å²) in [6, 6.07) is 0. The fourth-order valence-corrected chi connectivity index (χ4v) is 3.38. The van der Waals surface area contributed by atoms with Crippen LogP contribution in [0, 0.1) is 23.7 Å². The SMILES string of the molecule is CCCCC(C)C1C2C=CC1CC2. The molecule has 2 aliphatic rings. The van der Waals surface area contributed by atoms with Gasteiger partial charge in [-0.05, 0) is 36.5 Å². The zero-order valence-electron chi connectivity index (χ0n) is 9.00. The van der Waals surface area contributed by atoms with E-state index in [0.29, 0.717) is 0 Å². The lowest BCUT2D eigenvalue weighted by Gasteiger charge is -2.23. The van der Waals surface area contributed by atoms with Gasteiger partial charge in [-0.15, -0.1) is 0 Å². The van der Waals surface area contributed by atoms with E-state index in [-0.39, 0.29) is 0 Å². The van der Waals surface area contributed by atoms with E-state index in [4.69, 9.17) is 0 Å². The molecule has 0 spiro atoms. The number of unbranched alkanes of at least 4 members (excludes halogenated alkanes) is 1. The van der Waals surface area contributed by atoms with Crippen LogP contribution in [0.25, 0.3) is 0 Å². The summed E-state index contributed by atoms with van der Waals surface area (Å²) in [5.74, 6) is 3.90. The maximum absolute atomic E-state index is 2.49. The highest BCUT2D eigenvalue weighted by Gasteiger charge is 2.39. The fourth-order valence-electron chi connectivity index (χ4n) is 3.38. The Hall–Kier alpha value is -0.260. The molecule has 0 amide bonds. The Labute approximate surface area is 82.4 Å². The van der Waals surface area contributed by atoms with E-state index in [1.165, 1.54) is 32.1 Å². The molecule has 1 saturated carbocycles. The van der Waals surface area contributed by atoms with Gasteiger partial charge in [0.25, 0.3) is 0 Å². The third-order valence-corrected chi connectivity index (χ3v) is 4.10. The molecule has 0 heterocycles. The number of fused-ring (bicyclic) bond motifs is 2. The van der Waals surface area contributed by atoms with Crippen LogP contribution in [0.2, 0.25) is 0 Å². The van der Waals surface area contributed by atoms with Gasteiger partial charge in [-0.1, -0.05) is 45.3 Å². The van der Waals surface area contributed by atoms with Crippen LogP contribution in [0.15, 0.2) is 12.2 Å². The molecule has 0 aliphatic heterocycles. The maximum atomic E-state index is 2.49. The highest BCUT2D eigenvalue weighted by atomic mass is 14.4. The molecule has 2 bridgehead atoms. The van der Waals surface area contributed by atoms with Crippen molar-refractivity contribution < 1.29 is 0 Å². The smallest absolute Gasteiger partial charge is 0.0197 e. The summed E-state index contributed by atoms with van der Waals surface area (Å²) >= 11 is 0. The quantitative estimate of drug-likeness (QED) is 0.570. The van der Waals surface area contributed by atoms with Crippen molar-refractivity contribution in [3.63, 3.8) is 0 Å². The van der Waals surface area contributed by atoms with Crippen LogP contribution in [0.5, 0.6) is 0 Å². The number of hydrogen-bond donors (Lipinski definition) is 0. The minimum absolute atomic E-state index is 0.955. The van der Waals surface area contributed by atoms with E-state index in [0.717, 1.165) is 23.7 Å². The molecule has 0 aromatic rings. The Bertz CT molecular complexity index is 178. The van der Waals surface area contributed by atoms with Gasteiger partial charge in [0.1, 0.15) is 0 Å². The summed E-state index contributed by atoms with van der Waals surface area (Å²) in [4.78, 5) is 0. The largest absolute Gasteiger partial charge is 0.0848 e. The second-order valence-electron chi connectivity index (χ2n) is 4.99. The molecule has 3 unspecified atom stereocenters. The van der Waals surface area contributed by atoms with Crippen molar-refractivity contribution in [1.82, 2.24) is 0 Å². The van der Waals surface area contributed by atoms with Gasteiger partial charge < -0.3 is 0 Å². The third-order valence-electron chi connectivity index (χ3n) is 4.10. The van der Waals surface area contributed by atoms with Gasteiger partial charge >= 0.3 is 0 Å². The molecule has 0 aromatic heterocycles. The topological polar surface area (TPSA) is 0 Å². The zero-order valence-corrected chi connectivity index (χ0v) is 9.00. The highest BCUT2D eigenvalue weighted by molar-refractivity contribution is 5.12. The molecule has 0 saturated heterocycles. The van der Waals surface area contributed by atoms with E-state index in [2.05, 4.69) is 26.0 Å². The predicted octanol–water partition coefficient (Wildman–Crippen LogP) is 4.02. The fraction of sp³-hybridized carbons (Fsp3) is 0.846. The lowest BCUT2D eigenvalue weighted by Crippen LogP contribution is -2.16. The van der Waals surface area contributed by atoms with Gasteiger partial charge in [-0.25, -0.2) is 0 Å². The highest BCUT2D eigenvalue weighted by Crippen LogP contribution is 2.48. The Morgan fingerprint density at radius 2 is 1.85 bits per heavy atom. The Kier molecular flexibility index (Phi) is 2.76. The molecule has 3 atom stereocenters. The summed E-state index contributed by atoms with van der Waals surface area (Å²) in [6.07, 6.45) is 12.2. The second-order valence-corrected chi connectivity index (χ2v) is 4.99. The molecular weight excluding hydrogens is 156 g/mol. The minimum Gasteiger partial charge on any atom is -0.0848 e. The van der Waals surface area contributed by atoms with Gasteiger partial charge in [0, 0.05) is 0 Å². The lowest BCUT2D eigenvalue weighted by atomic mass is 9.81. The summed E-state index contributed by atoms with van der Waals surface area (Å²) < 4.78 is 0. The predicted molar refractivity (Wildman–Crippen MR) is 57.5 cm³/mol. The van der Waals surface area contributed by atoms with Crippen molar-refractivity contribution in [2.45, 2.75) is 46.0 Å². The normalized spacial score (nSPS) is 38.5. The summed E-state index contributed by atoms with van der Waals surface area (Å²) in [5, 5.41) is 0. The zero-order chi connectivity index (χ0) is 9.26. The van der Waals surface area contributed by atoms with Crippen LogP contribution in [-0.2, 0) is 0 Å². The molecule has 0 aromatic carbocycles. The van der Waals surface area contributed by atoms with Gasteiger partial charge in [-0.2, -0.15) is 0 Å².